The van der Waals surface area contributed by atoms with E-state index < -0.39 is 35.1 Å². The van der Waals surface area contributed by atoms with Crippen LogP contribution < -0.4 is 0 Å². The van der Waals surface area contributed by atoms with E-state index in [9.17, 15) is 25.2 Å². The second kappa shape index (κ2) is 7.57. The number of fused-ring (bicyclic) bond motifs is 7. The van der Waals surface area contributed by atoms with Crippen molar-refractivity contribution in [2.24, 2.45) is 56.7 Å². The van der Waals surface area contributed by atoms with Crippen LogP contribution in [0.5, 0.6) is 0 Å². The van der Waals surface area contributed by atoms with Gasteiger partial charge in [-0.2, -0.15) is 0 Å². The number of allylic oxidation sites excluding steroid dienone is 1. The largest absolute Gasteiger partial charge is 0.481 e. The number of aliphatic carboxylic acids is 1. The summed E-state index contributed by atoms with van der Waals surface area (Å²) in [5.41, 5.74) is -1.16. The number of aliphatic hydroxyl groups excluding tert-OH is 3. The monoisotopic (exact) mass is 488 g/mol. The second-order valence-corrected chi connectivity index (χ2v) is 14.7. The molecule has 0 aromatic rings. The van der Waals surface area contributed by atoms with Crippen LogP contribution in [0.15, 0.2) is 11.6 Å². The number of rotatable bonds is 1. The van der Waals surface area contributed by atoms with Gasteiger partial charge in [-0.3, -0.25) is 4.79 Å². The summed E-state index contributed by atoms with van der Waals surface area (Å²) in [6.07, 6.45) is 5.44. The van der Waals surface area contributed by atoms with E-state index in [4.69, 9.17) is 0 Å². The number of carboxylic acids is 1. The van der Waals surface area contributed by atoms with Crippen LogP contribution in [0.4, 0.5) is 0 Å². The molecule has 5 aliphatic rings. The van der Waals surface area contributed by atoms with Gasteiger partial charge in [-0.15, -0.1) is 0 Å². The molecular weight excluding hydrogens is 440 g/mol. The van der Waals surface area contributed by atoms with Crippen molar-refractivity contribution in [3.05, 3.63) is 11.6 Å². The van der Waals surface area contributed by atoms with E-state index in [1.54, 1.807) is 0 Å². The van der Waals surface area contributed by atoms with Crippen molar-refractivity contribution in [2.45, 2.75) is 112 Å². The van der Waals surface area contributed by atoms with E-state index in [1.165, 1.54) is 0 Å². The van der Waals surface area contributed by atoms with Crippen molar-refractivity contribution in [3.63, 3.8) is 0 Å². The fourth-order valence-electron chi connectivity index (χ4n) is 10.9. The summed E-state index contributed by atoms with van der Waals surface area (Å²) in [5, 5.41) is 45.4. The Labute approximate surface area is 211 Å². The van der Waals surface area contributed by atoms with Crippen LogP contribution in [0, 0.1) is 56.7 Å². The fourth-order valence-corrected chi connectivity index (χ4v) is 10.9. The third-order valence-electron chi connectivity index (χ3n) is 13.4. The van der Waals surface area contributed by atoms with Gasteiger partial charge in [0, 0.05) is 11.3 Å². The third-order valence-corrected chi connectivity index (χ3v) is 13.4. The SMILES string of the molecule is C[C@H]1[C@H](C)CC[C@]2(C(=O)O)CC[C@]3(C)C(=CC(O)C4[C@@]3(C)[C@H](O)C[C@H]3C(C)(C)[C@@H](O)CC[C@]43C)[C@H]12. The molecule has 35 heavy (non-hydrogen) atoms. The highest BCUT2D eigenvalue weighted by Gasteiger charge is 2.73. The molecule has 4 saturated carbocycles. The number of aliphatic hydroxyl groups is 3. The standard InChI is InChI=1S/C30H48O5/c1-16-8-11-30(25(34)35)13-12-28(6)18(23(30)17(16)2)14-19(31)24-27(5)10-9-21(32)26(3,4)20(27)15-22(33)29(24,28)7/h14,16-17,19-24,31-33H,8-13,15H2,1-7H3,(H,34,35)/t16-,17+,19?,20+,21+,22-,23+,24?,27+,28-,29-,30+/m1/s1. The zero-order valence-electron chi connectivity index (χ0n) is 22.8. The molecule has 5 rings (SSSR count). The third kappa shape index (κ3) is 2.90. The molecule has 0 spiro atoms. The zero-order chi connectivity index (χ0) is 25.9. The number of hydrogen-bond acceptors (Lipinski definition) is 4. The number of hydrogen-bond donors (Lipinski definition) is 4. The van der Waals surface area contributed by atoms with Crippen molar-refractivity contribution >= 4 is 5.97 Å². The maximum atomic E-state index is 12.8. The summed E-state index contributed by atoms with van der Waals surface area (Å²) in [4.78, 5) is 12.8. The minimum atomic E-state index is -0.775. The molecule has 2 unspecified atom stereocenters. The Kier molecular flexibility index (Phi) is 5.56. The highest BCUT2D eigenvalue weighted by molar-refractivity contribution is 5.76. The van der Waals surface area contributed by atoms with Gasteiger partial charge < -0.3 is 20.4 Å². The highest BCUT2D eigenvalue weighted by Crippen LogP contribution is 2.75. The van der Waals surface area contributed by atoms with Gasteiger partial charge in [0.05, 0.1) is 23.7 Å². The quantitative estimate of drug-likeness (QED) is 0.388. The van der Waals surface area contributed by atoms with E-state index in [2.05, 4.69) is 54.5 Å². The van der Waals surface area contributed by atoms with Crippen LogP contribution in [0.3, 0.4) is 0 Å². The Morgan fingerprint density at radius 3 is 2.20 bits per heavy atom. The van der Waals surface area contributed by atoms with Crippen LogP contribution in [0.25, 0.3) is 0 Å². The van der Waals surface area contributed by atoms with Gasteiger partial charge in [0.25, 0.3) is 0 Å². The Hall–Kier alpha value is -0.910. The van der Waals surface area contributed by atoms with Crippen molar-refractivity contribution in [3.8, 4) is 0 Å². The van der Waals surface area contributed by atoms with Crippen LogP contribution in [0.2, 0.25) is 0 Å². The molecule has 198 valence electrons. The highest BCUT2D eigenvalue weighted by atomic mass is 16.4. The zero-order valence-corrected chi connectivity index (χ0v) is 22.8. The van der Waals surface area contributed by atoms with Crippen molar-refractivity contribution < 1.29 is 25.2 Å². The van der Waals surface area contributed by atoms with E-state index in [0.29, 0.717) is 31.6 Å². The maximum absolute atomic E-state index is 12.8. The normalized spacial score (nSPS) is 57.1. The van der Waals surface area contributed by atoms with Gasteiger partial charge in [0.1, 0.15) is 0 Å². The number of carbonyl (C=O) groups is 1. The first-order chi connectivity index (χ1) is 16.1. The first-order valence-electron chi connectivity index (χ1n) is 14.1. The van der Waals surface area contributed by atoms with Crippen molar-refractivity contribution in [1.29, 1.82) is 0 Å². The second-order valence-electron chi connectivity index (χ2n) is 14.7. The molecule has 4 N–H and O–H groups in total. The summed E-state index contributed by atoms with van der Waals surface area (Å²) in [7, 11) is 0. The summed E-state index contributed by atoms with van der Waals surface area (Å²) >= 11 is 0. The lowest BCUT2D eigenvalue weighted by Gasteiger charge is -2.73. The van der Waals surface area contributed by atoms with Crippen molar-refractivity contribution in [1.82, 2.24) is 0 Å². The minimum absolute atomic E-state index is 0.107. The lowest BCUT2D eigenvalue weighted by molar-refractivity contribution is -0.263. The average Bonchev–Trinajstić information content (AvgIpc) is 2.77. The molecule has 4 fully saturated rings. The Morgan fingerprint density at radius 1 is 0.914 bits per heavy atom. The van der Waals surface area contributed by atoms with Gasteiger partial charge in [-0.1, -0.05) is 60.1 Å². The molecular formula is C30H48O5. The molecule has 0 aromatic carbocycles. The summed E-state index contributed by atoms with van der Waals surface area (Å²) < 4.78 is 0. The predicted molar refractivity (Wildman–Crippen MR) is 135 cm³/mol. The Balaban J connectivity index is 1.69. The first-order valence-corrected chi connectivity index (χ1v) is 14.1. The predicted octanol–water partition coefficient (Wildman–Crippen LogP) is 5.03. The van der Waals surface area contributed by atoms with Crippen molar-refractivity contribution in [2.75, 3.05) is 0 Å². The summed E-state index contributed by atoms with van der Waals surface area (Å²) in [6, 6.07) is 0. The van der Waals surface area contributed by atoms with E-state index in [-0.39, 0.29) is 39.9 Å². The Morgan fingerprint density at radius 2 is 1.57 bits per heavy atom. The topological polar surface area (TPSA) is 98.0 Å². The summed E-state index contributed by atoms with van der Waals surface area (Å²) in [6.45, 7) is 15.5. The van der Waals surface area contributed by atoms with Gasteiger partial charge >= 0.3 is 5.97 Å². The fraction of sp³-hybridized carbons (Fsp3) is 0.900. The molecule has 12 atom stereocenters. The van der Waals surface area contributed by atoms with Crippen LogP contribution in [0.1, 0.15) is 93.4 Å². The van der Waals surface area contributed by atoms with E-state index in [1.807, 2.05) is 0 Å². The molecule has 0 saturated heterocycles. The summed E-state index contributed by atoms with van der Waals surface area (Å²) in [5.74, 6) is -0.195. The molecule has 0 radical (unpaired) electrons. The van der Waals surface area contributed by atoms with Gasteiger partial charge in [0.2, 0.25) is 0 Å². The molecule has 0 bridgehead atoms. The molecule has 0 heterocycles. The Bertz CT molecular complexity index is 941. The lowest BCUT2D eigenvalue weighted by atomic mass is 9.32. The minimum Gasteiger partial charge on any atom is -0.481 e. The van der Waals surface area contributed by atoms with Crippen LogP contribution in [-0.2, 0) is 4.79 Å². The van der Waals surface area contributed by atoms with Crippen LogP contribution >= 0.6 is 0 Å². The molecule has 5 heteroatoms. The smallest absolute Gasteiger partial charge is 0.310 e. The van der Waals surface area contributed by atoms with Gasteiger partial charge in [0.15, 0.2) is 0 Å². The van der Waals surface area contributed by atoms with E-state index >= 15 is 0 Å². The molecule has 5 aliphatic carbocycles. The lowest BCUT2D eigenvalue weighted by Crippen LogP contribution is -2.71. The molecule has 0 aromatic heterocycles. The molecule has 0 amide bonds. The molecule has 5 nitrogen and oxygen atoms in total. The first kappa shape index (κ1) is 25.7. The van der Waals surface area contributed by atoms with Gasteiger partial charge in [-0.25, -0.2) is 0 Å². The van der Waals surface area contributed by atoms with Gasteiger partial charge in [-0.05, 0) is 84.9 Å². The number of carboxylic acid groups (broad SMARTS) is 1. The molecule has 0 aliphatic heterocycles. The van der Waals surface area contributed by atoms with Crippen LogP contribution in [-0.4, -0.2) is 44.7 Å². The van der Waals surface area contributed by atoms with E-state index in [0.717, 1.165) is 24.8 Å². The average molecular weight is 489 g/mol. The maximum Gasteiger partial charge on any atom is 0.310 e.